The quantitative estimate of drug-likeness (QED) is 0.566. The van der Waals surface area contributed by atoms with E-state index in [1.807, 2.05) is 37.8 Å². The molecule has 0 spiro atoms. The van der Waals surface area contributed by atoms with Gasteiger partial charge in [0.1, 0.15) is 17.7 Å². The number of hydrogen-bond donors (Lipinski definition) is 1. The average Bonchev–Trinajstić information content (AvgIpc) is 2.84. The predicted molar refractivity (Wildman–Crippen MR) is 136 cm³/mol. The van der Waals surface area contributed by atoms with Crippen molar-refractivity contribution in [2.45, 2.75) is 45.8 Å². The summed E-state index contributed by atoms with van der Waals surface area (Å²) in [4.78, 5) is 28.5. The minimum atomic E-state index is -0.426. The fourth-order valence-corrected chi connectivity index (χ4v) is 4.50. The number of carbonyl (C=O) groups excluding carboxylic acids is 2. The fourth-order valence-electron chi connectivity index (χ4n) is 4.50. The molecule has 1 saturated heterocycles. The summed E-state index contributed by atoms with van der Waals surface area (Å²) >= 11 is 0. The van der Waals surface area contributed by atoms with Crippen LogP contribution in [0.15, 0.2) is 49.1 Å². The topological polar surface area (TPSA) is 61.9 Å². The Labute approximate surface area is 207 Å². The minimum absolute atomic E-state index is 0.0315. The number of ether oxygens (including phenoxy) is 1. The minimum Gasteiger partial charge on any atom is -0.484 e. The van der Waals surface area contributed by atoms with Crippen molar-refractivity contribution >= 4 is 11.8 Å². The third-order valence-corrected chi connectivity index (χ3v) is 6.56. The maximum Gasteiger partial charge on any atom is 0.251 e. The molecule has 2 atom stereocenters. The molecular weight excluding hydrogens is 445 g/mol. The molecule has 2 aromatic carbocycles. The molecule has 0 aromatic heterocycles. The normalized spacial score (nSPS) is 17.2. The molecule has 0 aliphatic carbocycles. The second kappa shape index (κ2) is 11.5. The van der Waals surface area contributed by atoms with Crippen molar-refractivity contribution in [3.8, 4) is 5.75 Å². The van der Waals surface area contributed by atoms with Gasteiger partial charge in [-0.05, 0) is 66.8 Å². The molecule has 1 aliphatic heterocycles. The van der Waals surface area contributed by atoms with Crippen LogP contribution in [0.5, 0.6) is 5.75 Å². The van der Waals surface area contributed by atoms with Crippen LogP contribution >= 0.6 is 0 Å². The summed E-state index contributed by atoms with van der Waals surface area (Å²) in [5.74, 6) is 0.267. The molecule has 6 nitrogen and oxygen atoms in total. The lowest BCUT2D eigenvalue weighted by molar-refractivity contribution is -0.130. The van der Waals surface area contributed by atoms with E-state index in [1.54, 1.807) is 32.2 Å². The number of benzene rings is 2. The lowest BCUT2D eigenvalue weighted by Gasteiger charge is -2.40. The van der Waals surface area contributed by atoms with Gasteiger partial charge in [0, 0.05) is 44.8 Å². The van der Waals surface area contributed by atoms with Crippen LogP contribution in [0.3, 0.4) is 0 Å². The number of carbonyl (C=O) groups is 2. The Bertz CT molecular complexity index is 1090. The van der Waals surface area contributed by atoms with Gasteiger partial charge in [0.05, 0.1) is 0 Å². The van der Waals surface area contributed by atoms with E-state index in [1.165, 1.54) is 12.1 Å². The molecule has 1 aliphatic rings. The third-order valence-electron chi connectivity index (χ3n) is 6.56. The SMILES string of the molecule is C=CC(=O)N1CCN(C[C@H](Oc2ccc(C(=O)NC)c(C(C)C)c2)c2ccc(C)c(F)c2)C[C@H]1C. The van der Waals surface area contributed by atoms with Gasteiger partial charge in [-0.1, -0.05) is 32.6 Å². The van der Waals surface area contributed by atoms with Crippen molar-refractivity contribution < 1.29 is 18.7 Å². The number of halogens is 1. The Morgan fingerprint density at radius 2 is 1.97 bits per heavy atom. The van der Waals surface area contributed by atoms with Crippen LogP contribution in [0.1, 0.15) is 59.8 Å². The Hall–Kier alpha value is -3.19. The standard InChI is InChI=1S/C28H36FN3O3/c1-7-27(33)32-13-12-31(16-20(32)5)17-26(21-9-8-19(4)25(29)14-21)35-22-10-11-23(28(34)30-6)24(15-22)18(2)3/h7-11,14-15,18,20,26H,1,12-13,16-17H2,2-6H3,(H,30,34)/t20-,26+/m1/s1. The summed E-state index contributed by atoms with van der Waals surface area (Å²) in [5, 5.41) is 2.69. The number of rotatable bonds is 8. The van der Waals surface area contributed by atoms with Gasteiger partial charge in [0.25, 0.3) is 5.91 Å². The first-order valence-corrected chi connectivity index (χ1v) is 12.1. The molecule has 2 amide bonds. The Balaban J connectivity index is 1.88. The van der Waals surface area contributed by atoms with Crippen molar-refractivity contribution in [3.05, 3.63) is 77.1 Å². The van der Waals surface area contributed by atoms with Crippen molar-refractivity contribution in [3.63, 3.8) is 0 Å². The number of hydrogen-bond acceptors (Lipinski definition) is 4. The Morgan fingerprint density at radius 3 is 2.57 bits per heavy atom. The molecule has 1 N–H and O–H groups in total. The molecule has 0 bridgehead atoms. The molecule has 35 heavy (non-hydrogen) atoms. The van der Waals surface area contributed by atoms with Crippen LogP contribution in [0.4, 0.5) is 4.39 Å². The Morgan fingerprint density at radius 1 is 1.23 bits per heavy atom. The number of nitrogens with one attached hydrogen (secondary N) is 1. The first-order valence-electron chi connectivity index (χ1n) is 12.1. The zero-order chi connectivity index (χ0) is 25.7. The van der Waals surface area contributed by atoms with Gasteiger partial charge in [-0.25, -0.2) is 4.39 Å². The Kier molecular flexibility index (Phi) is 8.67. The van der Waals surface area contributed by atoms with Gasteiger partial charge < -0.3 is 15.0 Å². The summed E-state index contributed by atoms with van der Waals surface area (Å²) in [6, 6.07) is 10.7. The molecule has 0 radical (unpaired) electrons. The van der Waals surface area contributed by atoms with Crippen LogP contribution in [-0.4, -0.2) is 60.9 Å². The van der Waals surface area contributed by atoms with Gasteiger partial charge in [0.15, 0.2) is 0 Å². The molecule has 188 valence electrons. The van der Waals surface area contributed by atoms with E-state index in [-0.39, 0.29) is 29.6 Å². The van der Waals surface area contributed by atoms with Gasteiger partial charge in [0.2, 0.25) is 5.91 Å². The van der Waals surface area contributed by atoms with E-state index in [4.69, 9.17) is 4.74 Å². The predicted octanol–water partition coefficient (Wildman–Crippen LogP) is 4.46. The molecule has 1 fully saturated rings. The van der Waals surface area contributed by atoms with E-state index in [0.717, 1.165) is 11.1 Å². The second-order valence-corrected chi connectivity index (χ2v) is 9.44. The smallest absolute Gasteiger partial charge is 0.251 e. The van der Waals surface area contributed by atoms with Gasteiger partial charge >= 0.3 is 0 Å². The zero-order valence-electron chi connectivity index (χ0n) is 21.3. The van der Waals surface area contributed by atoms with E-state index < -0.39 is 6.10 Å². The monoisotopic (exact) mass is 481 g/mol. The maximum absolute atomic E-state index is 14.5. The highest BCUT2D eigenvalue weighted by Crippen LogP contribution is 2.30. The van der Waals surface area contributed by atoms with E-state index in [2.05, 4.69) is 16.8 Å². The summed E-state index contributed by atoms with van der Waals surface area (Å²) in [6.45, 7) is 13.9. The van der Waals surface area contributed by atoms with E-state index >= 15 is 0 Å². The first kappa shape index (κ1) is 26.4. The molecule has 7 heteroatoms. The van der Waals surface area contributed by atoms with Crippen LogP contribution in [0.2, 0.25) is 0 Å². The summed E-state index contributed by atoms with van der Waals surface area (Å²) in [6.07, 6.45) is 0.923. The maximum atomic E-state index is 14.5. The molecular formula is C28H36FN3O3. The van der Waals surface area contributed by atoms with Crippen LogP contribution in [0.25, 0.3) is 0 Å². The summed E-state index contributed by atoms with van der Waals surface area (Å²) < 4.78 is 20.9. The molecule has 3 rings (SSSR count). The van der Waals surface area contributed by atoms with Crippen LogP contribution in [0, 0.1) is 12.7 Å². The van der Waals surface area contributed by atoms with Gasteiger partial charge in [-0.15, -0.1) is 0 Å². The van der Waals surface area contributed by atoms with Gasteiger partial charge in [-0.2, -0.15) is 0 Å². The fraction of sp³-hybridized carbons (Fsp3) is 0.429. The average molecular weight is 482 g/mol. The zero-order valence-corrected chi connectivity index (χ0v) is 21.3. The van der Waals surface area contributed by atoms with Crippen molar-refractivity contribution in [2.24, 2.45) is 0 Å². The highest BCUT2D eigenvalue weighted by Gasteiger charge is 2.29. The summed E-state index contributed by atoms with van der Waals surface area (Å²) in [7, 11) is 1.61. The molecule has 2 aromatic rings. The first-order chi connectivity index (χ1) is 16.6. The van der Waals surface area contributed by atoms with Crippen LogP contribution < -0.4 is 10.1 Å². The molecule has 1 heterocycles. The lowest BCUT2D eigenvalue weighted by Crippen LogP contribution is -2.54. The van der Waals surface area contributed by atoms with Crippen molar-refractivity contribution in [1.29, 1.82) is 0 Å². The highest BCUT2D eigenvalue weighted by molar-refractivity contribution is 5.95. The second-order valence-electron chi connectivity index (χ2n) is 9.44. The third kappa shape index (κ3) is 6.28. The lowest BCUT2D eigenvalue weighted by atomic mass is 9.96. The summed E-state index contributed by atoms with van der Waals surface area (Å²) in [5.41, 5.74) is 2.83. The molecule has 0 saturated carbocycles. The number of piperazine rings is 1. The van der Waals surface area contributed by atoms with Crippen molar-refractivity contribution in [2.75, 3.05) is 33.2 Å². The van der Waals surface area contributed by atoms with Crippen LogP contribution in [-0.2, 0) is 4.79 Å². The van der Waals surface area contributed by atoms with Crippen molar-refractivity contribution in [1.82, 2.24) is 15.1 Å². The van der Waals surface area contributed by atoms with E-state index in [0.29, 0.717) is 43.1 Å². The molecule has 0 unspecified atom stereocenters. The number of aryl methyl sites for hydroxylation is 1. The largest absolute Gasteiger partial charge is 0.484 e. The van der Waals surface area contributed by atoms with Gasteiger partial charge in [-0.3, -0.25) is 14.5 Å². The number of nitrogens with zero attached hydrogens (tertiary/aromatic N) is 2. The van der Waals surface area contributed by atoms with E-state index in [9.17, 15) is 14.0 Å². The number of amides is 2. The highest BCUT2D eigenvalue weighted by atomic mass is 19.1.